The third kappa shape index (κ3) is 2.79. The number of benzene rings is 2. The fourth-order valence-electron chi connectivity index (χ4n) is 4.10. The summed E-state index contributed by atoms with van der Waals surface area (Å²) >= 11 is 0. The number of nitrogens with one attached hydrogen (secondary N) is 2. The molecule has 0 unspecified atom stereocenters. The number of fused-ring (bicyclic) bond motifs is 2. The zero-order valence-corrected chi connectivity index (χ0v) is 16.9. The first-order valence-corrected chi connectivity index (χ1v) is 9.60. The largest absolute Gasteiger partial charge is 0.493 e. The maximum Gasteiger partial charge on any atom is 0.244 e. The Balaban J connectivity index is 1.75. The average Bonchev–Trinajstić information content (AvgIpc) is 3.42. The first kappa shape index (κ1) is 18.6. The minimum absolute atomic E-state index is 0.0515. The van der Waals surface area contributed by atoms with E-state index >= 15 is 0 Å². The van der Waals surface area contributed by atoms with E-state index in [1.54, 1.807) is 14.2 Å². The fourth-order valence-corrected chi connectivity index (χ4v) is 4.10. The molecule has 3 heterocycles. The van der Waals surface area contributed by atoms with Crippen molar-refractivity contribution in [2.24, 2.45) is 5.73 Å². The molecule has 4 N–H and O–H groups in total. The number of H-pyrrole nitrogens is 2. The topological polar surface area (TPSA) is 122 Å². The molecule has 31 heavy (non-hydrogen) atoms. The number of hydrogen-bond acceptors (Lipinski definition) is 6. The van der Waals surface area contributed by atoms with Crippen LogP contribution in [0.15, 0.2) is 60.1 Å². The number of aromatic nitrogens is 3. The number of nitriles is 1. The smallest absolute Gasteiger partial charge is 0.244 e. The third-order valence-corrected chi connectivity index (χ3v) is 5.54. The predicted octanol–water partition coefficient (Wildman–Crippen LogP) is 3.79. The van der Waals surface area contributed by atoms with E-state index in [1.807, 2.05) is 48.7 Å². The molecule has 1 atom stereocenters. The number of nitrogens with zero attached hydrogens (tertiary/aromatic N) is 2. The molecule has 2 aromatic heterocycles. The van der Waals surface area contributed by atoms with Crippen molar-refractivity contribution in [3.63, 3.8) is 0 Å². The fraction of sp³-hybridized carbons (Fsp3) is 0.130. The maximum atomic E-state index is 9.93. The molecule has 0 saturated carbocycles. The first-order chi connectivity index (χ1) is 15.2. The molecule has 5 rings (SSSR count). The number of rotatable bonds is 4. The van der Waals surface area contributed by atoms with Crippen LogP contribution in [0.5, 0.6) is 17.4 Å². The number of hydrogen-bond donors (Lipinski definition) is 3. The molecular weight excluding hydrogens is 394 g/mol. The van der Waals surface area contributed by atoms with E-state index in [-0.39, 0.29) is 5.88 Å². The van der Waals surface area contributed by atoms with Gasteiger partial charge in [-0.3, -0.25) is 5.10 Å². The van der Waals surface area contributed by atoms with Crippen molar-refractivity contribution >= 4 is 10.9 Å². The van der Waals surface area contributed by atoms with Gasteiger partial charge in [0, 0.05) is 22.7 Å². The number of ether oxygens (including phenoxy) is 3. The van der Waals surface area contributed by atoms with Gasteiger partial charge in [0.2, 0.25) is 11.8 Å². The molecular formula is C23H19N5O3. The Morgan fingerprint density at radius 3 is 2.71 bits per heavy atom. The van der Waals surface area contributed by atoms with E-state index in [9.17, 15) is 5.26 Å². The summed E-state index contributed by atoms with van der Waals surface area (Å²) in [5.41, 5.74) is 10.6. The molecule has 1 aliphatic heterocycles. The predicted molar refractivity (Wildman–Crippen MR) is 115 cm³/mol. The second kappa shape index (κ2) is 7.15. The van der Waals surface area contributed by atoms with E-state index < -0.39 is 5.92 Å². The van der Waals surface area contributed by atoms with Gasteiger partial charge in [0.1, 0.15) is 11.6 Å². The van der Waals surface area contributed by atoms with Crippen LogP contribution in [0.4, 0.5) is 0 Å². The lowest BCUT2D eigenvalue weighted by Gasteiger charge is -2.23. The Morgan fingerprint density at radius 2 is 1.94 bits per heavy atom. The van der Waals surface area contributed by atoms with E-state index in [0.29, 0.717) is 28.6 Å². The van der Waals surface area contributed by atoms with Crippen LogP contribution in [-0.2, 0) is 0 Å². The molecule has 8 heteroatoms. The van der Waals surface area contributed by atoms with Crippen LogP contribution in [0.1, 0.15) is 17.0 Å². The Kier molecular flexibility index (Phi) is 4.30. The number of para-hydroxylation sites is 1. The van der Waals surface area contributed by atoms with Gasteiger partial charge >= 0.3 is 0 Å². The minimum atomic E-state index is -0.452. The van der Waals surface area contributed by atoms with E-state index in [1.165, 1.54) is 0 Å². The van der Waals surface area contributed by atoms with Gasteiger partial charge in [-0.1, -0.05) is 18.2 Å². The highest BCUT2D eigenvalue weighted by Crippen LogP contribution is 2.47. The molecule has 1 aliphatic rings. The van der Waals surface area contributed by atoms with Gasteiger partial charge in [0.25, 0.3) is 0 Å². The highest BCUT2D eigenvalue weighted by Gasteiger charge is 2.37. The summed E-state index contributed by atoms with van der Waals surface area (Å²) < 4.78 is 16.5. The normalized spacial score (nSPS) is 15.3. The Labute approximate surface area is 177 Å². The number of methoxy groups -OCH3 is 2. The molecule has 2 aromatic carbocycles. The molecule has 0 amide bonds. The Hall–Kier alpha value is -4.38. The van der Waals surface area contributed by atoms with E-state index in [0.717, 1.165) is 27.6 Å². The highest BCUT2D eigenvalue weighted by atomic mass is 16.5. The molecule has 154 valence electrons. The second-order valence-corrected chi connectivity index (χ2v) is 7.10. The Bertz CT molecular complexity index is 1380. The van der Waals surface area contributed by atoms with E-state index in [2.05, 4.69) is 21.3 Å². The van der Waals surface area contributed by atoms with Crippen molar-refractivity contribution in [1.29, 1.82) is 5.26 Å². The third-order valence-electron chi connectivity index (χ3n) is 5.54. The van der Waals surface area contributed by atoms with Gasteiger partial charge in [0.05, 0.1) is 31.4 Å². The summed E-state index contributed by atoms with van der Waals surface area (Å²) in [6, 6.07) is 15.7. The summed E-state index contributed by atoms with van der Waals surface area (Å²) in [5, 5.41) is 18.3. The maximum absolute atomic E-state index is 9.93. The molecule has 0 aliphatic carbocycles. The quantitative estimate of drug-likeness (QED) is 0.468. The first-order valence-electron chi connectivity index (χ1n) is 9.60. The van der Waals surface area contributed by atoms with Crippen LogP contribution >= 0.6 is 0 Å². The standard InChI is InChI=1S/C23H19N5O3/c1-29-17-8-7-12(9-18(17)30-2)21-20-19(14(10-24)22(25)31-23(20)28-27-21)15-11-26-16-6-4-3-5-13(15)16/h3-9,11,19,26H,25H2,1-2H3,(H,27,28)/t19-/m1/s1. The Morgan fingerprint density at radius 1 is 1.13 bits per heavy atom. The lowest BCUT2D eigenvalue weighted by Crippen LogP contribution is -2.20. The number of allylic oxidation sites excluding steroid dienone is 1. The van der Waals surface area contributed by atoms with Gasteiger partial charge in [-0.15, -0.1) is 5.10 Å². The van der Waals surface area contributed by atoms with Crippen molar-refractivity contribution in [2.75, 3.05) is 14.2 Å². The van der Waals surface area contributed by atoms with Gasteiger partial charge in [-0.25, -0.2) is 0 Å². The van der Waals surface area contributed by atoms with Crippen LogP contribution in [0, 0.1) is 11.3 Å². The summed E-state index contributed by atoms with van der Waals surface area (Å²) in [7, 11) is 3.17. The summed E-state index contributed by atoms with van der Waals surface area (Å²) in [5.74, 6) is 1.14. The van der Waals surface area contributed by atoms with Gasteiger partial charge in [-0.05, 0) is 29.8 Å². The van der Waals surface area contributed by atoms with Crippen LogP contribution in [0.25, 0.3) is 22.2 Å². The van der Waals surface area contributed by atoms with Crippen LogP contribution in [0.3, 0.4) is 0 Å². The van der Waals surface area contributed by atoms with Crippen molar-refractivity contribution in [2.45, 2.75) is 5.92 Å². The monoisotopic (exact) mass is 413 g/mol. The summed E-state index contributed by atoms with van der Waals surface area (Å²) in [4.78, 5) is 3.28. The molecule has 0 radical (unpaired) electrons. The van der Waals surface area contributed by atoms with Crippen LogP contribution in [-0.4, -0.2) is 29.4 Å². The molecule has 8 nitrogen and oxygen atoms in total. The molecule has 0 saturated heterocycles. The van der Waals surface area contributed by atoms with Crippen molar-refractivity contribution in [1.82, 2.24) is 15.2 Å². The lowest BCUT2D eigenvalue weighted by molar-refractivity contribution is 0.355. The highest BCUT2D eigenvalue weighted by molar-refractivity contribution is 5.86. The van der Waals surface area contributed by atoms with Gasteiger partial charge < -0.3 is 24.9 Å². The molecule has 0 spiro atoms. The minimum Gasteiger partial charge on any atom is -0.493 e. The van der Waals surface area contributed by atoms with Crippen LogP contribution < -0.4 is 19.9 Å². The van der Waals surface area contributed by atoms with Gasteiger partial charge in [-0.2, -0.15) is 5.26 Å². The van der Waals surface area contributed by atoms with Crippen LogP contribution in [0.2, 0.25) is 0 Å². The SMILES string of the molecule is COc1ccc(-c2[nH]nc3c2[C@@H](c2c[nH]c4ccccc24)C(C#N)=C(N)O3)cc1OC. The number of nitrogens with two attached hydrogens (primary N) is 1. The lowest BCUT2D eigenvalue weighted by atomic mass is 9.83. The summed E-state index contributed by atoms with van der Waals surface area (Å²) in [6.45, 7) is 0. The second-order valence-electron chi connectivity index (χ2n) is 7.10. The van der Waals surface area contributed by atoms with Gasteiger partial charge in [0.15, 0.2) is 11.5 Å². The van der Waals surface area contributed by atoms with Crippen molar-refractivity contribution < 1.29 is 14.2 Å². The van der Waals surface area contributed by atoms with E-state index in [4.69, 9.17) is 19.9 Å². The molecule has 0 bridgehead atoms. The zero-order valence-electron chi connectivity index (χ0n) is 16.9. The molecule has 0 fully saturated rings. The average molecular weight is 413 g/mol. The zero-order chi connectivity index (χ0) is 21.5. The van der Waals surface area contributed by atoms with Crippen molar-refractivity contribution in [3.05, 3.63) is 71.2 Å². The van der Waals surface area contributed by atoms with Crippen molar-refractivity contribution in [3.8, 4) is 34.7 Å². The number of aromatic amines is 2. The molecule has 4 aromatic rings. The summed E-state index contributed by atoms with van der Waals surface area (Å²) in [6.07, 6.45) is 1.90.